The van der Waals surface area contributed by atoms with Crippen LogP contribution in [0.3, 0.4) is 0 Å². The zero-order valence-electron chi connectivity index (χ0n) is 11.9. The van der Waals surface area contributed by atoms with Gasteiger partial charge in [-0.2, -0.15) is 0 Å². The number of piperidine rings is 1. The molecule has 0 aliphatic carbocycles. The maximum absolute atomic E-state index is 13.4. The van der Waals surface area contributed by atoms with E-state index in [1.54, 1.807) is 24.0 Å². The highest BCUT2D eigenvalue weighted by Gasteiger charge is 2.22. The van der Waals surface area contributed by atoms with Gasteiger partial charge in [0.25, 0.3) is 0 Å². The molecular weight excluding hydrogens is 257 g/mol. The molecule has 0 atom stereocenters. The molecule has 20 heavy (non-hydrogen) atoms. The van der Waals surface area contributed by atoms with Crippen LogP contribution in [0.4, 0.5) is 14.9 Å². The fraction of sp³-hybridized carbons (Fsp3) is 0.533. The zero-order valence-corrected chi connectivity index (χ0v) is 11.9. The van der Waals surface area contributed by atoms with Gasteiger partial charge in [0, 0.05) is 18.8 Å². The van der Waals surface area contributed by atoms with Gasteiger partial charge in [0.1, 0.15) is 5.82 Å². The molecule has 4 nitrogen and oxygen atoms in total. The van der Waals surface area contributed by atoms with Crippen molar-refractivity contribution in [1.82, 2.24) is 4.90 Å². The SMILES string of the molecule is Cc1ccc(NC(=O)N2CCC(CCN)CC2)cc1F. The van der Waals surface area contributed by atoms with E-state index in [2.05, 4.69) is 5.32 Å². The number of urea groups is 1. The molecule has 1 heterocycles. The van der Waals surface area contributed by atoms with Crippen LogP contribution in [-0.2, 0) is 0 Å². The average Bonchev–Trinajstić information content (AvgIpc) is 2.44. The minimum Gasteiger partial charge on any atom is -0.330 e. The molecule has 3 N–H and O–H groups in total. The van der Waals surface area contributed by atoms with Gasteiger partial charge < -0.3 is 16.0 Å². The van der Waals surface area contributed by atoms with Crippen LogP contribution in [0, 0.1) is 18.7 Å². The minimum absolute atomic E-state index is 0.153. The summed E-state index contributed by atoms with van der Waals surface area (Å²) in [5.74, 6) is 0.324. The number of benzene rings is 1. The highest BCUT2D eigenvalue weighted by molar-refractivity contribution is 5.89. The van der Waals surface area contributed by atoms with Crippen LogP contribution < -0.4 is 11.1 Å². The Hall–Kier alpha value is -1.62. The van der Waals surface area contributed by atoms with Gasteiger partial charge in [-0.25, -0.2) is 9.18 Å². The number of hydrogen-bond donors (Lipinski definition) is 2. The topological polar surface area (TPSA) is 58.4 Å². The number of nitrogens with one attached hydrogen (secondary N) is 1. The van der Waals surface area contributed by atoms with Crippen LogP contribution in [0.2, 0.25) is 0 Å². The third-order valence-electron chi connectivity index (χ3n) is 3.90. The van der Waals surface area contributed by atoms with Gasteiger partial charge >= 0.3 is 6.03 Å². The minimum atomic E-state index is -0.301. The summed E-state index contributed by atoms with van der Waals surface area (Å²) < 4.78 is 13.4. The molecule has 1 saturated heterocycles. The lowest BCUT2D eigenvalue weighted by molar-refractivity contribution is 0.180. The molecule has 2 rings (SSSR count). The quantitative estimate of drug-likeness (QED) is 0.893. The number of nitrogens with two attached hydrogens (primary N) is 1. The molecule has 1 aliphatic heterocycles. The summed E-state index contributed by atoms with van der Waals surface area (Å²) in [6.07, 6.45) is 3.01. The van der Waals surface area contributed by atoms with Crippen molar-refractivity contribution >= 4 is 11.7 Å². The number of hydrogen-bond acceptors (Lipinski definition) is 2. The van der Waals surface area contributed by atoms with E-state index in [1.807, 2.05) is 0 Å². The van der Waals surface area contributed by atoms with Crippen LogP contribution in [0.1, 0.15) is 24.8 Å². The molecule has 1 aromatic carbocycles. The van der Waals surface area contributed by atoms with Crippen molar-refractivity contribution in [3.05, 3.63) is 29.6 Å². The summed E-state index contributed by atoms with van der Waals surface area (Å²) in [5, 5.41) is 2.75. The number of carbonyl (C=O) groups is 1. The summed E-state index contributed by atoms with van der Waals surface area (Å²) in [5.41, 5.74) is 6.63. The molecule has 0 bridgehead atoms. The first kappa shape index (κ1) is 14.8. The number of aryl methyl sites for hydroxylation is 1. The Morgan fingerprint density at radius 2 is 2.15 bits per heavy atom. The molecule has 0 spiro atoms. The van der Waals surface area contributed by atoms with E-state index in [4.69, 9.17) is 5.73 Å². The van der Waals surface area contributed by atoms with Crippen molar-refractivity contribution in [2.45, 2.75) is 26.2 Å². The Morgan fingerprint density at radius 3 is 2.75 bits per heavy atom. The Balaban J connectivity index is 1.88. The molecular formula is C15H22FN3O. The number of nitrogens with zero attached hydrogens (tertiary/aromatic N) is 1. The lowest BCUT2D eigenvalue weighted by atomic mass is 9.94. The second kappa shape index (κ2) is 6.70. The van der Waals surface area contributed by atoms with E-state index in [-0.39, 0.29) is 11.8 Å². The zero-order chi connectivity index (χ0) is 14.5. The largest absolute Gasteiger partial charge is 0.330 e. The first-order valence-corrected chi connectivity index (χ1v) is 7.12. The second-order valence-corrected chi connectivity index (χ2v) is 5.40. The summed E-state index contributed by atoms with van der Waals surface area (Å²) in [4.78, 5) is 13.9. The van der Waals surface area contributed by atoms with Crippen molar-refractivity contribution in [2.75, 3.05) is 25.0 Å². The van der Waals surface area contributed by atoms with Gasteiger partial charge in [-0.3, -0.25) is 0 Å². The third kappa shape index (κ3) is 3.70. The lowest BCUT2D eigenvalue weighted by Gasteiger charge is -2.31. The van der Waals surface area contributed by atoms with Crippen LogP contribution in [0.5, 0.6) is 0 Å². The molecule has 0 radical (unpaired) electrons. The summed E-state index contributed by atoms with van der Waals surface area (Å²) in [6, 6.07) is 4.59. The fourth-order valence-electron chi connectivity index (χ4n) is 2.53. The maximum Gasteiger partial charge on any atom is 0.321 e. The van der Waals surface area contributed by atoms with Crippen LogP contribution in [0.15, 0.2) is 18.2 Å². The lowest BCUT2D eigenvalue weighted by Crippen LogP contribution is -2.41. The standard InChI is InChI=1S/C15H22FN3O/c1-11-2-3-13(10-14(11)16)18-15(20)19-8-5-12(4-7-17)6-9-19/h2-3,10,12H,4-9,17H2,1H3,(H,18,20). The molecule has 0 saturated carbocycles. The third-order valence-corrected chi connectivity index (χ3v) is 3.90. The summed E-state index contributed by atoms with van der Waals surface area (Å²) >= 11 is 0. The molecule has 1 aliphatic rings. The fourth-order valence-corrected chi connectivity index (χ4v) is 2.53. The first-order chi connectivity index (χ1) is 9.60. The van der Waals surface area contributed by atoms with Crippen molar-refractivity contribution in [2.24, 2.45) is 11.7 Å². The van der Waals surface area contributed by atoms with Crippen molar-refractivity contribution in [1.29, 1.82) is 0 Å². The van der Waals surface area contributed by atoms with Gasteiger partial charge in [0.15, 0.2) is 0 Å². The number of halogens is 1. The Morgan fingerprint density at radius 1 is 1.45 bits per heavy atom. The predicted molar refractivity (Wildman–Crippen MR) is 78.1 cm³/mol. The number of likely N-dealkylation sites (tertiary alicyclic amines) is 1. The van der Waals surface area contributed by atoms with E-state index in [1.165, 1.54) is 6.07 Å². The van der Waals surface area contributed by atoms with Gasteiger partial charge in [-0.15, -0.1) is 0 Å². The highest BCUT2D eigenvalue weighted by Crippen LogP contribution is 2.21. The summed E-state index contributed by atoms with van der Waals surface area (Å²) in [6.45, 7) is 3.89. The van der Waals surface area contributed by atoms with E-state index < -0.39 is 0 Å². The van der Waals surface area contributed by atoms with Gasteiger partial charge in [0.05, 0.1) is 0 Å². The molecule has 0 unspecified atom stereocenters. The van der Waals surface area contributed by atoms with Gasteiger partial charge in [-0.1, -0.05) is 6.07 Å². The van der Waals surface area contributed by atoms with Crippen molar-refractivity contribution in [3.63, 3.8) is 0 Å². The number of carbonyl (C=O) groups excluding carboxylic acids is 1. The number of anilines is 1. The Bertz CT molecular complexity index is 470. The van der Waals surface area contributed by atoms with E-state index in [0.717, 1.165) is 32.4 Å². The monoisotopic (exact) mass is 279 g/mol. The number of rotatable bonds is 3. The molecule has 1 fully saturated rings. The van der Waals surface area contributed by atoms with Crippen molar-refractivity contribution < 1.29 is 9.18 Å². The van der Waals surface area contributed by atoms with Gasteiger partial charge in [-0.05, 0) is 56.3 Å². The second-order valence-electron chi connectivity index (χ2n) is 5.40. The normalized spacial score (nSPS) is 16.2. The smallest absolute Gasteiger partial charge is 0.321 e. The summed E-state index contributed by atoms with van der Waals surface area (Å²) in [7, 11) is 0. The maximum atomic E-state index is 13.4. The predicted octanol–water partition coefficient (Wildman–Crippen LogP) is 2.73. The number of amides is 2. The molecule has 0 aromatic heterocycles. The Labute approximate surface area is 119 Å². The van der Waals surface area contributed by atoms with E-state index in [9.17, 15) is 9.18 Å². The molecule has 1 aromatic rings. The molecule has 2 amide bonds. The van der Waals surface area contributed by atoms with E-state index >= 15 is 0 Å². The Kier molecular flexibility index (Phi) is 4.95. The molecule has 5 heteroatoms. The average molecular weight is 279 g/mol. The van der Waals surface area contributed by atoms with Crippen LogP contribution >= 0.6 is 0 Å². The highest BCUT2D eigenvalue weighted by atomic mass is 19.1. The first-order valence-electron chi connectivity index (χ1n) is 7.12. The van der Waals surface area contributed by atoms with Crippen LogP contribution in [0.25, 0.3) is 0 Å². The van der Waals surface area contributed by atoms with Crippen molar-refractivity contribution in [3.8, 4) is 0 Å². The van der Waals surface area contributed by atoms with Crippen LogP contribution in [-0.4, -0.2) is 30.6 Å². The van der Waals surface area contributed by atoms with Gasteiger partial charge in [0.2, 0.25) is 0 Å². The molecule has 110 valence electrons. The van der Waals surface area contributed by atoms with E-state index in [0.29, 0.717) is 23.7 Å².